The molecule has 19 heavy (non-hydrogen) atoms. The Hall–Kier alpha value is -0.740. The molecule has 0 heterocycles. The summed E-state index contributed by atoms with van der Waals surface area (Å²) >= 11 is 0. The lowest BCUT2D eigenvalue weighted by Gasteiger charge is -2.05. The predicted molar refractivity (Wildman–Crippen MR) is 86.4 cm³/mol. The molecule has 0 amide bonds. The van der Waals surface area contributed by atoms with Gasteiger partial charge in [0.05, 0.1) is 0 Å². The Bertz CT molecular complexity index is 260. The monoisotopic (exact) mass is 260 g/mol. The Labute approximate surface area is 120 Å². The van der Waals surface area contributed by atoms with Crippen LogP contribution in [0.15, 0.2) is 30.0 Å². The number of rotatable bonds is 1. The Morgan fingerprint density at radius 2 is 1.00 bits per heavy atom. The summed E-state index contributed by atoms with van der Waals surface area (Å²) in [5.74, 6) is 0. The van der Waals surface area contributed by atoms with Crippen molar-refractivity contribution in [3.8, 4) is 0 Å². The first kappa shape index (κ1) is 16.3. The summed E-state index contributed by atoms with van der Waals surface area (Å²) in [6.07, 6.45) is 23.5. The van der Waals surface area contributed by atoms with Gasteiger partial charge in [0, 0.05) is 0 Å². The fraction of sp³-hybridized carbons (Fsp3) is 0.737. The van der Waals surface area contributed by atoms with E-state index in [9.17, 15) is 0 Å². The van der Waals surface area contributed by atoms with Crippen molar-refractivity contribution in [3.05, 3.63) is 30.0 Å². The first-order chi connectivity index (χ1) is 9.43. The van der Waals surface area contributed by atoms with Crippen molar-refractivity contribution in [1.82, 2.24) is 0 Å². The minimum atomic E-state index is 1.25. The van der Waals surface area contributed by atoms with Crippen molar-refractivity contribution in [2.75, 3.05) is 0 Å². The molecular weight excluding hydrogens is 228 g/mol. The standard InChI is InChI=1S/C19H32/c1-2-3-16-19-17-14-12-10-8-6-4-5-7-9-11-13-15-18-19/h2-3H,1,4-15,17-18H2. The van der Waals surface area contributed by atoms with Crippen LogP contribution >= 0.6 is 0 Å². The normalized spacial score (nSPS) is 20.7. The minimum Gasteiger partial charge on any atom is -0.122 e. The van der Waals surface area contributed by atoms with Crippen LogP contribution in [0.4, 0.5) is 0 Å². The van der Waals surface area contributed by atoms with Crippen molar-refractivity contribution in [3.63, 3.8) is 0 Å². The van der Waals surface area contributed by atoms with E-state index >= 15 is 0 Å². The number of hydrogen-bond donors (Lipinski definition) is 0. The third-order valence-corrected chi connectivity index (χ3v) is 4.11. The third kappa shape index (κ3) is 9.79. The molecule has 0 unspecified atom stereocenters. The summed E-state index contributed by atoms with van der Waals surface area (Å²) < 4.78 is 0. The minimum absolute atomic E-state index is 1.25. The van der Waals surface area contributed by atoms with Crippen molar-refractivity contribution in [1.29, 1.82) is 0 Å². The first-order valence-corrected chi connectivity index (χ1v) is 8.49. The molecule has 0 spiro atoms. The number of allylic oxidation sites excluding steroid dienone is 2. The van der Waals surface area contributed by atoms with E-state index in [0.29, 0.717) is 0 Å². The molecule has 0 saturated heterocycles. The quantitative estimate of drug-likeness (QED) is 0.362. The second-order valence-corrected chi connectivity index (χ2v) is 5.89. The molecule has 0 radical (unpaired) electrons. The van der Waals surface area contributed by atoms with Gasteiger partial charge < -0.3 is 0 Å². The zero-order valence-electron chi connectivity index (χ0n) is 12.8. The molecule has 0 nitrogen and oxygen atoms in total. The van der Waals surface area contributed by atoms with E-state index in [1.54, 1.807) is 0 Å². The van der Waals surface area contributed by atoms with Gasteiger partial charge in [0.2, 0.25) is 0 Å². The van der Waals surface area contributed by atoms with Crippen LogP contribution in [0.5, 0.6) is 0 Å². The van der Waals surface area contributed by atoms with Crippen LogP contribution in [0, 0.1) is 0 Å². The van der Waals surface area contributed by atoms with Gasteiger partial charge in [0.1, 0.15) is 0 Å². The fourth-order valence-electron chi connectivity index (χ4n) is 2.89. The van der Waals surface area contributed by atoms with E-state index in [2.05, 4.69) is 12.3 Å². The lowest BCUT2D eigenvalue weighted by atomic mass is 10.0. The zero-order chi connectivity index (χ0) is 13.6. The predicted octanol–water partition coefficient (Wildman–Crippen LogP) is 6.73. The highest BCUT2D eigenvalue weighted by Crippen LogP contribution is 2.19. The van der Waals surface area contributed by atoms with E-state index in [-0.39, 0.29) is 0 Å². The summed E-state index contributed by atoms with van der Waals surface area (Å²) in [5.41, 5.74) is 4.96. The van der Waals surface area contributed by atoms with Crippen LogP contribution in [0.1, 0.15) is 89.9 Å². The maximum atomic E-state index is 3.75. The molecule has 0 bridgehead atoms. The molecule has 0 aromatic rings. The smallest absolute Gasteiger partial charge is 0.0206 e. The van der Waals surface area contributed by atoms with Gasteiger partial charge in [-0.1, -0.05) is 76.9 Å². The molecule has 0 aromatic heterocycles. The van der Waals surface area contributed by atoms with Gasteiger partial charge in [-0.15, -0.1) is 5.73 Å². The van der Waals surface area contributed by atoms with Gasteiger partial charge in [-0.2, -0.15) is 0 Å². The second-order valence-electron chi connectivity index (χ2n) is 5.89. The van der Waals surface area contributed by atoms with Gasteiger partial charge in [-0.05, 0) is 37.3 Å². The van der Waals surface area contributed by atoms with E-state index in [0.717, 1.165) is 0 Å². The molecule has 0 heteroatoms. The SMILES string of the molecule is C=CC=C=C1CCCCCCCCCCCCCC1. The van der Waals surface area contributed by atoms with Crippen LogP contribution in [0.2, 0.25) is 0 Å². The van der Waals surface area contributed by atoms with Crippen molar-refractivity contribution in [2.45, 2.75) is 89.9 Å². The summed E-state index contributed by atoms with van der Waals surface area (Å²) in [6, 6.07) is 0. The van der Waals surface area contributed by atoms with Crippen molar-refractivity contribution >= 4 is 0 Å². The molecule has 0 N–H and O–H groups in total. The average molecular weight is 260 g/mol. The van der Waals surface area contributed by atoms with Crippen LogP contribution in [-0.4, -0.2) is 0 Å². The van der Waals surface area contributed by atoms with E-state index in [1.807, 2.05) is 12.2 Å². The van der Waals surface area contributed by atoms with Crippen molar-refractivity contribution < 1.29 is 0 Å². The summed E-state index contributed by atoms with van der Waals surface area (Å²) in [6.45, 7) is 3.75. The molecule has 1 rings (SSSR count). The molecular formula is C19H32. The second kappa shape index (κ2) is 12.3. The average Bonchev–Trinajstić information content (AvgIpc) is 2.44. The Balaban J connectivity index is 2.38. The maximum absolute atomic E-state index is 3.75. The molecule has 0 aromatic carbocycles. The molecule has 0 aliphatic heterocycles. The van der Waals surface area contributed by atoms with Gasteiger partial charge in [0.25, 0.3) is 0 Å². The van der Waals surface area contributed by atoms with Crippen LogP contribution in [0.3, 0.4) is 0 Å². The highest BCUT2D eigenvalue weighted by Gasteiger charge is 2.00. The molecule has 1 fully saturated rings. The third-order valence-electron chi connectivity index (χ3n) is 4.11. The van der Waals surface area contributed by atoms with Gasteiger partial charge >= 0.3 is 0 Å². The van der Waals surface area contributed by atoms with Gasteiger partial charge in [0.15, 0.2) is 0 Å². The lowest BCUT2D eigenvalue weighted by Crippen LogP contribution is -1.86. The maximum Gasteiger partial charge on any atom is -0.0206 e. The van der Waals surface area contributed by atoms with Gasteiger partial charge in [-0.3, -0.25) is 0 Å². The summed E-state index contributed by atoms with van der Waals surface area (Å²) in [5, 5.41) is 0. The highest BCUT2D eigenvalue weighted by molar-refractivity contribution is 5.06. The zero-order valence-corrected chi connectivity index (χ0v) is 12.8. The Morgan fingerprint density at radius 3 is 1.37 bits per heavy atom. The summed E-state index contributed by atoms with van der Waals surface area (Å²) in [4.78, 5) is 0. The van der Waals surface area contributed by atoms with E-state index in [4.69, 9.17) is 0 Å². The van der Waals surface area contributed by atoms with E-state index < -0.39 is 0 Å². The molecule has 1 aliphatic carbocycles. The molecule has 108 valence electrons. The summed E-state index contributed by atoms with van der Waals surface area (Å²) in [7, 11) is 0. The molecule has 1 saturated carbocycles. The Kier molecular flexibility index (Phi) is 10.6. The Morgan fingerprint density at radius 1 is 0.632 bits per heavy atom. The largest absolute Gasteiger partial charge is 0.122 e. The number of hydrogen-bond acceptors (Lipinski definition) is 0. The van der Waals surface area contributed by atoms with Crippen LogP contribution in [-0.2, 0) is 0 Å². The van der Waals surface area contributed by atoms with Crippen LogP contribution in [0.25, 0.3) is 0 Å². The van der Waals surface area contributed by atoms with E-state index in [1.165, 1.54) is 95.5 Å². The highest BCUT2D eigenvalue weighted by atomic mass is 14.1. The van der Waals surface area contributed by atoms with Gasteiger partial charge in [-0.25, -0.2) is 0 Å². The lowest BCUT2D eigenvalue weighted by molar-refractivity contribution is 0.548. The molecule has 1 aliphatic rings. The first-order valence-electron chi connectivity index (χ1n) is 8.49. The fourth-order valence-corrected chi connectivity index (χ4v) is 2.89. The van der Waals surface area contributed by atoms with Crippen molar-refractivity contribution in [2.24, 2.45) is 0 Å². The topological polar surface area (TPSA) is 0 Å². The van der Waals surface area contributed by atoms with Crippen LogP contribution < -0.4 is 0 Å². The molecule has 0 atom stereocenters.